The fraction of sp³-hybridized carbons (Fsp3) is 0.625. The average molecular weight is 244 g/mol. The van der Waals surface area contributed by atoms with Gasteiger partial charge in [0.15, 0.2) is 0 Å². The predicted octanol–water partition coefficient (Wildman–Crippen LogP) is 2.81. The molecule has 1 aliphatic carbocycles. The first-order valence-corrected chi connectivity index (χ1v) is 7.32. The van der Waals surface area contributed by atoms with Gasteiger partial charge in [-0.25, -0.2) is 0 Å². The van der Waals surface area contributed by atoms with Crippen LogP contribution in [0, 0.1) is 11.8 Å². The molecule has 2 N–H and O–H groups in total. The molecule has 3 rings (SSSR count). The summed E-state index contributed by atoms with van der Waals surface area (Å²) in [6.07, 6.45) is 5.32. The van der Waals surface area contributed by atoms with E-state index >= 15 is 0 Å². The topological polar surface area (TPSA) is 29.3 Å². The molecule has 0 amide bonds. The zero-order valence-electron chi connectivity index (χ0n) is 11.3. The van der Waals surface area contributed by atoms with Crippen LogP contribution in [0.5, 0.6) is 0 Å². The SMILES string of the molecule is CC(N)Cc1ccccc1N1CC2CCCC2C1. The fourth-order valence-corrected chi connectivity index (χ4v) is 3.77. The summed E-state index contributed by atoms with van der Waals surface area (Å²) in [4.78, 5) is 2.60. The summed E-state index contributed by atoms with van der Waals surface area (Å²) >= 11 is 0. The van der Waals surface area contributed by atoms with Gasteiger partial charge in [-0.2, -0.15) is 0 Å². The fourth-order valence-electron chi connectivity index (χ4n) is 3.77. The Bertz CT molecular complexity index is 401. The van der Waals surface area contributed by atoms with E-state index in [1.165, 1.54) is 43.6 Å². The number of hydrogen-bond acceptors (Lipinski definition) is 2. The van der Waals surface area contributed by atoms with E-state index in [0.717, 1.165) is 18.3 Å². The van der Waals surface area contributed by atoms with E-state index in [9.17, 15) is 0 Å². The third-order valence-electron chi connectivity index (χ3n) is 4.60. The molecule has 2 aliphatic rings. The van der Waals surface area contributed by atoms with Crippen molar-refractivity contribution in [2.45, 2.75) is 38.6 Å². The molecule has 0 bridgehead atoms. The molecule has 0 aromatic heterocycles. The number of anilines is 1. The molecule has 3 unspecified atom stereocenters. The van der Waals surface area contributed by atoms with E-state index in [2.05, 4.69) is 36.1 Å². The second kappa shape index (κ2) is 4.93. The van der Waals surface area contributed by atoms with Crippen molar-refractivity contribution >= 4 is 5.69 Å². The van der Waals surface area contributed by atoms with Crippen molar-refractivity contribution in [3.63, 3.8) is 0 Å². The van der Waals surface area contributed by atoms with Crippen molar-refractivity contribution < 1.29 is 0 Å². The lowest BCUT2D eigenvalue weighted by Crippen LogP contribution is -2.24. The summed E-state index contributed by atoms with van der Waals surface area (Å²) in [5.74, 6) is 1.90. The van der Waals surface area contributed by atoms with Gasteiger partial charge < -0.3 is 10.6 Å². The third kappa shape index (κ3) is 2.26. The number of hydrogen-bond donors (Lipinski definition) is 1. The van der Waals surface area contributed by atoms with Crippen LogP contribution in [0.2, 0.25) is 0 Å². The second-order valence-corrected chi connectivity index (χ2v) is 6.17. The van der Waals surface area contributed by atoms with Gasteiger partial charge >= 0.3 is 0 Å². The molecular formula is C16H24N2. The van der Waals surface area contributed by atoms with Crippen LogP contribution in [0.25, 0.3) is 0 Å². The van der Waals surface area contributed by atoms with Gasteiger partial charge in [-0.05, 0) is 49.7 Å². The van der Waals surface area contributed by atoms with E-state index in [-0.39, 0.29) is 6.04 Å². The highest BCUT2D eigenvalue weighted by Crippen LogP contribution is 2.40. The zero-order chi connectivity index (χ0) is 12.5. The van der Waals surface area contributed by atoms with Crippen molar-refractivity contribution in [3.05, 3.63) is 29.8 Å². The number of para-hydroxylation sites is 1. The van der Waals surface area contributed by atoms with Crippen LogP contribution in [-0.2, 0) is 6.42 Å². The molecular weight excluding hydrogens is 220 g/mol. The van der Waals surface area contributed by atoms with Gasteiger partial charge in [0.05, 0.1) is 0 Å². The van der Waals surface area contributed by atoms with Crippen LogP contribution in [0.3, 0.4) is 0 Å². The maximum absolute atomic E-state index is 5.97. The smallest absolute Gasteiger partial charge is 0.0399 e. The normalized spacial score (nSPS) is 28.4. The minimum absolute atomic E-state index is 0.244. The number of benzene rings is 1. The van der Waals surface area contributed by atoms with E-state index in [1.54, 1.807) is 0 Å². The van der Waals surface area contributed by atoms with Crippen molar-refractivity contribution in [1.29, 1.82) is 0 Å². The minimum atomic E-state index is 0.244. The highest BCUT2D eigenvalue weighted by atomic mass is 15.2. The number of nitrogens with two attached hydrogens (primary N) is 1. The van der Waals surface area contributed by atoms with E-state index < -0.39 is 0 Å². The van der Waals surface area contributed by atoms with Gasteiger partial charge in [0.2, 0.25) is 0 Å². The van der Waals surface area contributed by atoms with Crippen molar-refractivity contribution in [2.75, 3.05) is 18.0 Å². The number of fused-ring (bicyclic) bond motifs is 1. The van der Waals surface area contributed by atoms with Crippen LogP contribution in [-0.4, -0.2) is 19.1 Å². The lowest BCUT2D eigenvalue weighted by molar-refractivity contribution is 0.494. The second-order valence-electron chi connectivity index (χ2n) is 6.17. The average Bonchev–Trinajstić information content (AvgIpc) is 2.89. The standard InChI is InChI=1S/C16H24N2/c1-12(17)9-13-5-2-3-8-16(13)18-10-14-6-4-7-15(14)11-18/h2-3,5,8,12,14-15H,4,6-7,9-11,17H2,1H3. The molecule has 98 valence electrons. The first-order valence-electron chi connectivity index (χ1n) is 7.32. The van der Waals surface area contributed by atoms with Gasteiger partial charge in [-0.15, -0.1) is 0 Å². The minimum Gasteiger partial charge on any atom is -0.371 e. The zero-order valence-corrected chi connectivity index (χ0v) is 11.3. The monoisotopic (exact) mass is 244 g/mol. The van der Waals surface area contributed by atoms with E-state index in [1.807, 2.05) is 0 Å². The summed E-state index contributed by atoms with van der Waals surface area (Å²) in [5, 5.41) is 0. The Balaban J connectivity index is 1.80. The summed E-state index contributed by atoms with van der Waals surface area (Å²) < 4.78 is 0. The third-order valence-corrected chi connectivity index (χ3v) is 4.60. The molecule has 1 aromatic rings. The number of rotatable bonds is 3. The van der Waals surface area contributed by atoms with Gasteiger partial charge in [-0.3, -0.25) is 0 Å². The molecule has 0 radical (unpaired) electrons. The van der Waals surface area contributed by atoms with Gasteiger partial charge in [0, 0.05) is 24.8 Å². The molecule has 1 saturated carbocycles. The first-order chi connectivity index (χ1) is 8.74. The van der Waals surface area contributed by atoms with Gasteiger partial charge in [0.1, 0.15) is 0 Å². The molecule has 2 heteroatoms. The van der Waals surface area contributed by atoms with Crippen LogP contribution >= 0.6 is 0 Å². The lowest BCUT2D eigenvalue weighted by atomic mass is 10.0. The Morgan fingerprint density at radius 3 is 2.56 bits per heavy atom. The maximum atomic E-state index is 5.97. The van der Waals surface area contributed by atoms with Crippen molar-refractivity contribution in [2.24, 2.45) is 17.6 Å². The Labute approximate surface area is 110 Å². The molecule has 1 heterocycles. The molecule has 2 fully saturated rings. The van der Waals surface area contributed by atoms with Crippen LogP contribution < -0.4 is 10.6 Å². The molecule has 3 atom stereocenters. The van der Waals surface area contributed by atoms with Crippen LogP contribution in [0.1, 0.15) is 31.7 Å². The van der Waals surface area contributed by atoms with Gasteiger partial charge in [-0.1, -0.05) is 24.6 Å². The van der Waals surface area contributed by atoms with Crippen LogP contribution in [0.15, 0.2) is 24.3 Å². The maximum Gasteiger partial charge on any atom is 0.0399 e. The highest BCUT2D eigenvalue weighted by molar-refractivity contribution is 5.55. The molecule has 18 heavy (non-hydrogen) atoms. The van der Waals surface area contributed by atoms with E-state index in [4.69, 9.17) is 5.73 Å². The summed E-state index contributed by atoms with van der Waals surface area (Å²) in [6, 6.07) is 9.06. The number of nitrogens with zero attached hydrogens (tertiary/aromatic N) is 1. The Hall–Kier alpha value is -1.02. The Morgan fingerprint density at radius 2 is 1.89 bits per heavy atom. The van der Waals surface area contributed by atoms with E-state index in [0.29, 0.717) is 0 Å². The largest absolute Gasteiger partial charge is 0.371 e. The first kappa shape index (κ1) is 12.0. The molecule has 1 aromatic carbocycles. The van der Waals surface area contributed by atoms with Crippen molar-refractivity contribution in [1.82, 2.24) is 0 Å². The quantitative estimate of drug-likeness (QED) is 0.886. The molecule has 2 nitrogen and oxygen atoms in total. The van der Waals surface area contributed by atoms with Crippen molar-refractivity contribution in [3.8, 4) is 0 Å². The molecule has 1 aliphatic heterocycles. The highest BCUT2D eigenvalue weighted by Gasteiger charge is 2.36. The summed E-state index contributed by atoms with van der Waals surface area (Å²) in [7, 11) is 0. The van der Waals surface area contributed by atoms with Crippen LogP contribution in [0.4, 0.5) is 5.69 Å². The Kier molecular flexibility index (Phi) is 3.29. The summed E-state index contributed by atoms with van der Waals surface area (Å²) in [5.41, 5.74) is 8.82. The van der Waals surface area contributed by atoms with Gasteiger partial charge in [0.25, 0.3) is 0 Å². The molecule has 1 saturated heterocycles. The summed E-state index contributed by atoms with van der Waals surface area (Å²) in [6.45, 7) is 4.62. The predicted molar refractivity (Wildman–Crippen MR) is 76.8 cm³/mol. The molecule has 0 spiro atoms. The Morgan fingerprint density at radius 1 is 1.22 bits per heavy atom. The lowest BCUT2D eigenvalue weighted by Gasteiger charge is -2.23.